The summed E-state index contributed by atoms with van der Waals surface area (Å²) < 4.78 is 0. The highest BCUT2D eigenvalue weighted by molar-refractivity contribution is 6.67. The van der Waals surface area contributed by atoms with Gasteiger partial charge in [-0.2, -0.15) is 0 Å². The molecule has 0 atom stereocenters. The normalized spacial score (nSPS) is 23.0. The van der Waals surface area contributed by atoms with E-state index >= 15 is 0 Å². The van der Waals surface area contributed by atoms with Crippen LogP contribution in [0.25, 0.3) is 0 Å². The zero-order chi connectivity index (χ0) is 13.8. The number of hydrogen-bond donors (Lipinski definition) is 1. The summed E-state index contributed by atoms with van der Waals surface area (Å²) in [5.74, 6) is 0.0930. The smallest absolute Gasteiger partial charge is 0.303 e. The molecule has 0 amide bonds. The second kappa shape index (κ2) is 6.20. The SMILES string of the molecule is O=C(O)CC1CCC(c2ccc(C(=O)Cl)cc2)CC1. The van der Waals surface area contributed by atoms with Crippen LogP contribution < -0.4 is 0 Å². The fourth-order valence-electron chi connectivity index (χ4n) is 2.83. The fourth-order valence-corrected chi connectivity index (χ4v) is 2.96. The topological polar surface area (TPSA) is 54.4 Å². The van der Waals surface area contributed by atoms with Crippen LogP contribution in [0.4, 0.5) is 0 Å². The van der Waals surface area contributed by atoms with Crippen molar-refractivity contribution in [3.63, 3.8) is 0 Å². The lowest BCUT2D eigenvalue weighted by Gasteiger charge is -2.27. The van der Waals surface area contributed by atoms with Gasteiger partial charge in [0.05, 0.1) is 0 Å². The van der Waals surface area contributed by atoms with E-state index in [0.29, 0.717) is 17.4 Å². The number of carbonyl (C=O) groups excluding carboxylic acids is 1. The summed E-state index contributed by atoms with van der Waals surface area (Å²) in [6.45, 7) is 0. The molecule has 0 heterocycles. The first-order valence-electron chi connectivity index (χ1n) is 6.58. The Labute approximate surface area is 117 Å². The van der Waals surface area contributed by atoms with Crippen LogP contribution in [0.15, 0.2) is 24.3 Å². The molecule has 1 aliphatic carbocycles. The fraction of sp³-hybridized carbons (Fsp3) is 0.467. The number of benzene rings is 1. The second-order valence-corrected chi connectivity index (χ2v) is 5.55. The van der Waals surface area contributed by atoms with Gasteiger partial charge in [0.1, 0.15) is 0 Å². The highest BCUT2D eigenvalue weighted by Gasteiger charge is 2.23. The van der Waals surface area contributed by atoms with E-state index in [2.05, 4.69) is 0 Å². The molecule has 1 aromatic rings. The third kappa shape index (κ3) is 3.80. The Balaban J connectivity index is 1.94. The number of aliphatic carboxylic acids is 1. The van der Waals surface area contributed by atoms with Crippen molar-refractivity contribution in [2.45, 2.75) is 38.0 Å². The maximum atomic E-state index is 11.0. The number of halogens is 1. The molecule has 2 rings (SSSR count). The van der Waals surface area contributed by atoms with Crippen molar-refractivity contribution in [1.82, 2.24) is 0 Å². The summed E-state index contributed by atoms with van der Waals surface area (Å²) in [6.07, 6.45) is 4.25. The van der Waals surface area contributed by atoms with E-state index < -0.39 is 11.2 Å². The Morgan fingerprint density at radius 1 is 1.11 bits per heavy atom. The second-order valence-electron chi connectivity index (χ2n) is 5.21. The summed E-state index contributed by atoms with van der Waals surface area (Å²) >= 11 is 5.41. The Morgan fingerprint density at radius 3 is 2.16 bits per heavy atom. The minimum atomic E-state index is -0.701. The molecule has 1 saturated carbocycles. The van der Waals surface area contributed by atoms with Crippen molar-refractivity contribution in [2.24, 2.45) is 5.92 Å². The summed E-state index contributed by atoms with van der Waals surface area (Å²) in [4.78, 5) is 21.7. The Morgan fingerprint density at radius 2 is 1.68 bits per heavy atom. The van der Waals surface area contributed by atoms with Crippen LogP contribution in [-0.4, -0.2) is 16.3 Å². The van der Waals surface area contributed by atoms with Crippen LogP contribution in [0, 0.1) is 5.92 Å². The molecule has 4 heteroatoms. The molecule has 1 aliphatic rings. The first kappa shape index (κ1) is 14.1. The lowest BCUT2D eigenvalue weighted by atomic mass is 9.77. The average molecular weight is 281 g/mol. The standard InChI is InChI=1S/C15H17ClO3/c16-15(19)13-7-5-12(6-8-13)11-3-1-10(2-4-11)9-14(17)18/h5-8,10-11H,1-4,9H2,(H,17,18). The molecular weight excluding hydrogens is 264 g/mol. The van der Waals surface area contributed by atoms with Gasteiger partial charge in [-0.15, -0.1) is 0 Å². The molecule has 1 N–H and O–H groups in total. The number of carboxylic acid groups (broad SMARTS) is 1. The number of rotatable bonds is 4. The van der Waals surface area contributed by atoms with Gasteiger partial charge < -0.3 is 5.11 Å². The molecule has 0 saturated heterocycles. The number of hydrogen-bond acceptors (Lipinski definition) is 2. The van der Waals surface area contributed by atoms with E-state index in [-0.39, 0.29) is 6.42 Å². The lowest BCUT2D eigenvalue weighted by Crippen LogP contribution is -2.16. The molecule has 19 heavy (non-hydrogen) atoms. The highest BCUT2D eigenvalue weighted by atomic mass is 35.5. The molecule has 102 valence electrons. The van der Waals surface area contributed by atoms with Gasteiger partial charge in [-0.25, -0.2) is 0 Å². The van der Waals surface area contributed by atoms with E-state index in [9.17, 15) is 9.59 Å². The zero-order valence-corrected chi connectivity index (χ0v) is 11.4. The molecule has 0 spiro atoms. The summed E-state index contributed by atoms with van der Waals surface area (Å²) in [5, 5.41) is 8.35. The van der Waals surface area contributed by atoms with E-state index in [1.807, 2.05) is 12.1 Å². The van der Waals surface area contributed by atoms with Gasteiger partial charge in [0.15, 0.2) is 0 Å². The van der Waals surface area contributed by atoms with Crippen LogP contribution in [0.3, 0.4) is 0 Å². The van der Waals surface area contributed by atoms with Crippen LogP contribution in [-0.2, 0) is 4.79 Å². The van der Waals surface area contributed by atoms with Gasteiger partial charge in [-0.05, 0) is 66.8 Å². The first-order chi connectivity index (χ1) is 9.06. The molecule has 0 unspecified atom stereocenters. The Hall–Kier alpha value is -1.35. The van der Waals surface area contributed by atoms with Crippen molar-refractivity contribution in [1.29, 1.82) is 0 Å². The first-order valence-corrected chi connectivity index (χ1v) is 6.95. The maximum absolute atomic E-state index is 11.0. The van der Waals surface area contributed by atoms with Gasteiger partial charge >= 0.3 is 5.97 Å². The average Bonchev–Trinajstić information content (AvgIpc) is 2.39. The van der Waals surface area contributed by atoms with Gasteiger partial charge in [0.25, 0.3) is 5.24 Å². The minimum absolute atomic E-state index is 0.284. The maximum Gasteiger partial charge on any atom is 0.303 e. The van der Waals surface area contributed by atoms with Crippen molar-refractivity contribution in [2.75, 3.05) is 0 Å². The predicted molar refractivity (Wildman–Crippen MR) is 73.6 cm³/mol. The highest BCUT2D eigenvalue weighted by Crippen LogP contribution is 2.37. The molecular formula is C15H17ClO3. The molecule has 1 aromatic carbocycles. The molecule has 0 bridgehead atoms. The summed E-state index contributed by atoms with van der Waals surface area (Å²) in [7, 11) is 0. The quantitative estimate of drug-likeness (QED) is 0.853. The van der Waals surface area contributed by atoms with Crippen molar-refractivity contribution in [3.8, 4) is 0 Å². The van der Waals surface area contributed by atoms with E-state index in [0.717, 1.165) is 25.7 Å². The third-order valence-electron chi connectivity index (χ3n) is 3.92. The van der Waals surface area contributed by atoms with Crippen LogP contribution >= 0.6 is 11.6 Å². The Kier molecular flexibility index (Phi) is 4.59. The van der Waals surface area contributed by atoms with Gasteiger partial charge in [-0.1, -0.05) is 12.1 Å². The van der Waals surface area contributed by atoms with Crippen molar-refractivity contribution in [3.05, 3.63) is 35.4 Å². The molecule has 0 aliphatic heterocycles. The number of carboxylic acids is 1. The largest absolute Gasteiger partial charge is 0.481 e. The van der Waals surface area contributed by atoms with E-state index in [1.54, 1.807) is 12.1 Å². The van der Waals surface area contributed by atoms with Crippen LogP contribution in [0.5, 0.6) is 0 Å². The van der Waals surface area contributed by atoms with E-state index in [4.69, 9.17) is 16.7 Å². The summed E-state index contributed by atoms with van der Waals surface area (Å²) in [6, 6.07) is 7.43. The van der Waals surface area contributed by atoms with Crippen molar-refractivity contribution < 1.29 is 14.7 Å². The van der Waals surface area contributed by atoms with Gasteiger partial charge in [0.2, 0.25) is 0 Å². The molecule has 3 nitrogen and oxygen atoms in total. The monoisotopic (exact) mass is 280 g/mol. The summed E-state index contributed by atoms with van der Waals surface area (Å²) in [5.41, 5.74) is 1.74. The van der Waals surface area contributed by atoms with Crippen LogP contribution in [0.2, 0.25) is 0 Å². The van der Waals surface area contributed by atoms with Crippen LogP contribution in [0.1, 0.15) is 53.9 Å². The predicted octanol–water partition coefficient (Wildman–Crippen LogP) is 3.81. The third-order valence-corrected chi connectivity index (χ3v) is 4.14. The minimum Gasteiger partial charge on any atom is -0.481 e. The Bertz CT molecular complexity index is 459. The zero-order valence-electron chi connectivity index (χ0n) is 10.6. The molecule has 0 radical (unpaired) electrons. The molecule has 0 aromatic heterocycles. The van der Waals surface area contributed by atoms with E-state index in [1.165, 1.54) is 5.56 Å². The van der Waals surface area contributed by atoms with Gasteiger partial charge in [-0.3, -0.25) is 9.59 Å². The van der Waals surface area contributed by atoms with Crippen molar-refractivity contribution >= 4 is 22.8 Å². The van der Waals surface area contributed by atoms with Gasteiger partial charge in [0, 0.05) is 12.0 Å². The lowest BCUT2D eigenvalue weighted by molar-refractivity contribution is -0.138. The molecule has 1 fully saturated rings. The number of carbonyl (C=O) groups is 2.